The van der Waals surface area contributed by atoms with Crippen molar-refractivity contribution < 1.29 is 9.50 Å². The highest BCUT2D eigenvalue weighted by molar-refractivity contribution is 5.21. The lowest BCUT2D eigenvalue weighted by Gasteiger charge is -2.29. The van der Waals surface area contributed by atoms with Crippen LogP contribution in [0.15, 0.2) is 24.3 Å². The zero-order chi connectivity index (χ0) is 11.4. The molecule has 0 aliphatic heterocycles. The summed E-state index contributed by atoms with van der Waals surface area (Å²) in [5, 5.41) is 9.04. The van der Waals surface area contributed by atoms with E-state index in [1.54, 1.807) is 6.07 Å². The van der Waals surface area contributed by atoms with Crippen LogP contribution in [0.25, 0.3) is 0 Å². The van der Waals surface area contributed by atoms with Crippen molar-refractivity contribution in [3.05, 3.63) is 35.6 Å². The third kappa shape index (κ3) is 2.99. The average Bonchev–Trinajstić information content (AvgIpc) is 2.17. The summed E-state index contributed by atoms with van der Waals surface area (Å²) in [6.07, 6.45) is 0. The predicted molar refractivity (Wildman–Crippen MR) is 57.9 cm³/mol. The Morgan fingerprint density at radius 1 is 1.47 bits per heavy atom. The number of hydrogen-bond donors (Lipinski definition) is 2. The van der Waals surface area contributed by atoms with Gasteiger partial charge in [0.25, 0.3) is 0 Å². The molecule has 0 saturated carbocycles. The average molecular weight is 212 g/mol. The van der Waals surface area contributed by atoms with Crippen LogP contribution in [0, 0.1) is 5.82 Å². The molecule has 0 spiro atoms. The predicted octanol–water partition coefficient (Wildman–Crippen LogP) is 0.748. The molecule has 0 aromatic heterocycles. The molecule has 0 saturated heterocycles. The number of nitrogens with two attached hydrogens (primary N) is 1. The van der Waals surface area contributed by atoms with Crippen molar-refractivity contribution in [3.63, 3.8) is 0 Å². The van der Waals surface area contributed by atoms with E-state index in [0.29, 0.717) is 0 Å². The molecule has 0 amide bonds. The quantitative estimate of drug-likeness (QED) is 0.774. The highest BCUT2D eigenvalue weighted by Crippen LogP contribution is 2.21. The lowest BCUT2D eigenvalue weighted by atomic mass is 9.99. The highest BCUT2D eigenvalue weighted by atomic mass is 19.1. The van der Waals surface area contributed by atoms with Gasteiger partial charge >= 0.3 is 0 Å². The molecule has 15 heavy (non-hydrogen) atoms. The summed E-state index contributed by atoms with van der Waals surface area (Å²) in [6.45, 7) is -0.126. The standard InChI is InChI=1S/C11H17FN2O/c1-14(2)11(10(13)7-15)8-4-3-5-9(12)6-8/h3-6,10-11,15H,7,13H2,1-2H3. The number of nitrogens with zero attached hydrogens (tertiary/aromatic N) is 1. The first kappa shape index (κ1) is 12.1. The Labute approximate surface area is 89.3 Å². The van der Waals surface area contributed by atoms with E-state index in [-0.39, 0.29) is 18.5 Å². The molecule has 3 nitrogen and oxygen atoms in total. The number of aliphatic hydroxyl groups is 1. The fourth-order valence-electron chi connectivity index (χ4n) is 1.72. The van der Waals surface area contributed by atoms with E-state index in [4.69, 9.17) is 10.8 Å². The van der Waals surface area contributed by atoms with Gasteiger partial charge in [-0.15, -0.1) is 0 Å². The second-order valence-corrected chi connectivity index (χ2v) is 3.81. The summed E-state index contributed by atoms with van der Waals surface area (Å²) >= 11 is 0. The van der Waals surface area contributed by atoms with Gasteiger partial charge in [0.1, 0.15) is 5.82 Å². The fraction of sp³-hybridized carbons (Fsp3) is 0.455. The van der Waals surface area contributed by atoms with Crippen molar-refractivity contribution in [1.82, 2.24) is 4.90 Å². The van der Waals surface area contributed by atoms with E-state index >= 15 is 0 Å². The van der Waals surface area contributed by atoms with Crippen molar-refractivity contribution in [2.45, 2.75) is 12.1 Å². The molecule has 2 atom stereocenters. The number of likely N-dealkylation sites (N-methyl/N-ethyl adjacent to an activating group) is 1. The van der Waals surface area contributed by atoms with Crippen LogP contribution in [0.5, 0.6) is 0 Å². The number of rotatable bonds is 4. The van der Waals surface area contributed by atoms with Crippen LogP contribution in [-0.4, -0.2) is 36.8 Å². The maximum absolute atomic E-state index is 13.0. The molecule has 0 bridgehead atoms. The van der Waals surface area contributed by atoms with Gasteiger partial charge in [-0.05, 0) is 31.8 Å². The molecule has 1 aromatic rings. The lowest BCUT2D eigenvalue weighted by molar-refractivity contribution is 0.181. The second kappa shape index (κ2) is 5.21. The Morgan fingerprint density at radius 2 is 2.13 bits per heavy atom. The molecule has 0 heterocycles. The minimum Gasteiger partial charge on any atom is -0.395 e. The van der Waals surface area contributed by atoms with Crippen LogP contribution in [0.3, 0.4) is 0 Å². The van der Waals surface area contributed by atoms with Crippen molar-refractivity contribution in [2.24, 2.45) is 5.73 Å². The van der Waals surface area contributed by atoms with Gasteiger partial charge in [-0.2, -0.15) is 0 Å². The summed E-state index contributed by atoms with van der Waals surface area (Å²) in [5.74, 6) is -0.288. The summed E-state index contributed by atoms with van der Waals surface area (Å²) < 4.78 is 13.0. The molecule has 4 heteroatoms. The second-order valence-electron chi connectivity index (χ2n) is 3.81. The topological polar surface area (TPSA) is 49.5 Å². The Hall–Kier alpha value is -0.970. The van der Waals surface area contributed by atoms with Crippen LogP contribution in [-0.2, 0) is 0 Å². The molecule has 2 unspecified atom stereocenters. The largest absolute Gasteiger partial charge is 0.395 e. The van der Waals surface area contributed by atoms with Gasteiger partial charge in [0.05, 0.1) is 12.6 Å². The minimum atomic E-state index is -0.415. The maximum atomic E-state index is 13.0. The van der Waals surface area contributed by atoms with E-state index in [9.17, 15) is 4.39 Å². The third-order valence-electron chi connectivity index (χ3n) is 2.36. The van der Waals surface area contributed by atoms with Gasteiger partial charge in [-0.1, -0.05) is 12.1 Å². The molecule has 84 valence electrons. The van der Waals surface area contributed by atoms with Crippen LogP contribution in [0.4, 0.5) is 4.39 Å². The highest BCUT2D eigenvalue weighted by Gasteiger charge is 2.21. The van der Waals surface area contributed by atoms with Crippen molar-refractivity contribution in [2.75, 3.05) is 20.7 Å². The molecule has 1 rings (SSSR count). The molecule has 0 radical (unpaired) electrons. The van der Waals surface area contributed by atoms with Crippen molar-refractivity contribution in [3.8, 4) is 0 Å². The van der Waals surface area contributed by atoms with Crippen molar-refractivity contribution >= 4 is 0 Å². The van der Waals surface area contributed by atoms with E-state index in [1.807, 2.05) is 25.1 Å². The molecular formula is C11H17FN2O. The third-order valence-corrected chi connectivity index (χ3v) is 2.36. The van der Waals surface area contributed by atoms with Crippen LogP contribution >= 0.6 is 0 Å². The Kier molecular flexibility index (Phi) is 4.20. The molecule has 3 N–H and O–H groups in total. The Morgan fingerprint density at radius 3 is 2.60 bits per heavy atom. The van der Waals surface area contributed by atoms with Gasteiger partial charge in [0, 0.05) is 6.04 Å². The first-order valence-corrected chi connectivity index (χ1v) is 4.84. The fourth-order valence-corrected chi connectivity index (χ4v) is 1.72. The van der Waals surface area contributed by atoms with Gasteiger partial charge in [-0.3, -0.25) is 0 Å². The maximum Gasteiger partial charge on any atom is 0.123 e. The zero-order valence-corrected chi connectivity index (χ0v) is 9.02. The van der Waals surface area contributed by atoms with Gasteiger partial charge in [0.15, 0.2) is 0 Å². The van der Waals surface area contributed by atoms with Gasteiger partial charge < -0.3 is 15.7 Å². The summed E-state index contributed by atoms with van der Waals surface area (Å²) in [4.78, 5) is 1.87. The van der Waals surface area contributed by atoms with E-state index in [0.717, 1.165) is 5.56 Å². The van der Waals surface area contributed by atoms with Crippen LogP contribution < -0.4 is 5.73 Å². The molecule has 0 aliphatic rings. The number of hydrogen-bond acceptors (Lipinski definition) is 3. The van der Waals surface area contributed by atoms with Gasteiger partial charge in [-0.25, -0.2) is 4.39 Å². The first-order valence-electron chi connectivity index (χ1n) is 4.84. The number of halogens is 1. The summed E-state index contributed by atoms with van der Waals surface area (Å²) in [5.41, 5.74) is 6.57. The SMILES string of the molecule is CN(C)C(c1cccc(F)c1)C(N)CO. The summed E-state index contributed by atoms with van der Waals surface area (Å²) in [7, 11) is 3.70. The number of benzene rings is 1. The minimum absolute atomic E-state index is 0.126. The first-order chi connectivity index (χ1) is 7.06. The van der Waals surface area contributed by atoms with Crippen molar-refractivity contribution in [1.29, 1.82) is 0 Å². The smallest absolute Gasteiger partial charge is 0.123 e. The normalized spacial score (nSPS) is 15.3. The zero-order valence-electron chi connectivity index (χ0n) is 9.02. The molecule has 0 aliphatic carbocycles. The lowest BCUT2D eigenvalue weighted by Crippen LogP contribution is -2.39. The Balaban J connectivity index is 2.99. The molecular weight excluding hydrogens is 195 g/mol. The van der Waals surface area contributed by atoms with E-state index in [1.165, 1.54) is 12.1 Å². The summed E-state index contributed by atoms with van der Waals surface area (Å²) in [6, 6.07) is 5.70. The molecule has 0 fully saturated rings. The van der Waals surface area contributed by atoms with Crippen LogP contribution in [0.2, 0.25) is 0 Å². The van der Waals surface area contributed by atoms with E-state index in [2.05, 4.69) is 0 Å². The van der Waals surface area contributed by atoms with Crippen LogP contribution in [0.1, 0.15) is 11.6 Å². The molecule has 1 aromatic carbocycles. The number of aliphatic hydroxyl groups excluding tert-OH is 1. The van der Waals surface area contributed by atoms with Gasteiger partial charge in [0.2, 0.25) is 0 Å². The Bertz CT molecular complexity index is 317. The van der Waals surface area contributed by atoms with E-state index < -0.39 is 6.04 Å². The monoisotopic (exact) mass is 212 g/mol.